The van der Waals surface area contributed by atoms with Crippen LogP contribution in [0.4, 0.5) is 21.0 Å². The van der Waals surface area contributed by atoms with Crippen LogP contribution in [0.2, 0.25) is 0 Å². The minimum atomic E-state index is -0.555. The average molecular weight is 591 g/mol. The maximum Gasteiger partial charge on any atom is 0.417 e. The lowest BCUT2D eigenvalue weighted by atomic mass is 10.0. The number of hydrogen-bond acceptors (Lipinski definition) is 4. The number of amides is 2. The molecule has 0 aromatic heterocycles. The van der Waals surface area contributed by atoms with Crippen LogP contribution in [-0.4, -0.2) is 12.2 Å². The van der Waals surface area contributed by atoms with Crippen molar-refractivity contribution in [2.24, 2.45) is 0 Å². The van der Waals surface area contributed by atoms with Crippen molar-refractivity contribution in [2.75, 3.05) is 10.6 Å². The number of nitrogens with one attached hydrogen (secondary N) is 2. The van der Waals surface area contributed by atoms with Crippen LogP contribution in [-0.2, 0) is 6.42 Å². The molecule has 2 amide bonds. The van der Waals surface area contributed by atoms with Gasteiger partial charge in [-0.15, -0.1) is 0 Å². The first-order chi connectivity index (χ1) is 22.1. The Kier molecular flexibility index (Phi) is 8.94. The lowest BCUT2D eigenvalue weighted by Gasteiger charge is -2.10. The topological polar surface area (TPSA) is 76.7 Å². The molecule has 6 heteroatoms. The molecule has 6 rings (SSSR count). The van der Waals surface area contributed by atoms with E-state index in [0.29, 0.717) is 29.3 Å². The molecule has 0 heterocycles. The second-order valence-corrected chi connectivity index (χ2v) is 10.4. The first-order valence-electron chi connectivity index (χ1n) is 14.5. The lowest BCUT2D eigenvalue weighted by molar-refractivity contribution is 0.214. The van der Waals surface area contributed by atoms with Gasteiger partial charge in [0, 0.05) is 11.4 Å². The average Bonchev–Trinajstić information content (AvgIpc) is 3.08. The molecule has 2 N–H and O–H groups in total. The summed E-state index contributed by atoms with van der Waals surface area (Å²) in [5.41, 5.74) is 7.72. The Hall–Kier alpha value is -6.14. The first kappa shape index (κ1) is 29.0. The van der Waals surface area contributed by atoms with Gasteiger partial charge in [0.25, 0.3) is 0 Å². The Bertz CT molecular complexity index is 1710. The third kappa shape index (κ3) is 8.03. The molecule has 0 saturated heterocycles. The SMILES string of the molecule is O=C(Nc1ccc(Cc2ccc(NC(=O)Oc3ccc(-c4ccccc4)cc3)cc2)cc1)Oc1ccc(-c2ccccc2)cc1. The van der Waals surface area contributed by atoms with E-state index in [1.807, 2.05) is 133 Å². The number of ether oxygens (including phenoxy) is 2. The predicted molar refractivity (Wildman–Crippen MR) is 179 cm³/mol. The zero-order valence-corrected chi connectivity index (χ0v) is 24.4. The molecule has 0 unspecified atom stereocenters. The summed E-state index contributed by atoms with van der Waals surface area (Å²) in [6.07, 6.45) is -0.418. The maximum atomic E-state index is 12.4. The van der Waals surface area contributed by atoms with Crippen molar-refractivity contribution >= 4 is 23.6 Å². The van der Waals surface area contributed by atoms with Crippen LogP contribution in [0.15, 0.2) is 158 Å². The summed E-state index contributed by atoms with van der Waals surface area (Å²) in [6.45, 7) is 0. The zero-order chi connectivity index (χ0) is 30.8. The number of anilines is 2. The van der Waals surface area contributed by atoms with Gasteiger partial charge >= 0.3 is 12.2 Å². The van der Waals surface area contributed by atoms with Crippen LogP contribution in [0.1, 0.15) is 11.1 Å². The standard InChI is InChI=1S/C39H30N2O4/c42-38(44-36-23-15-32(16-24-36)30-7-3-1-4-8-30)40-34-19-11-28(12-20-34)27-29-13-21-35(22-14-29)41-39(43)45-37-25-17-33(18-26-37)31-9-5-2-6-10-31/h1-26H,27H2,(H,40,42)(H,41,43). The molecule has 0 fully saturated rings. The fourth-order valence-corrected chi connectivity index (χ4v) is 4.84. The number of carbonyl (C=O) groups is 2. The van der Waals surface area contributed by atoms with E-state index in [2.05, 4.69) is 10.6 Å². The first-order valence-corrected chi connectivity index (χ1v) is 14.5. The molecule has 0 bridgehead atoms. The predicted octanol–water partition coefficient (Wildman–Crippen LogP) is 9.83. The number of hydrogen-bond donors (Lipinski definition) is 2. The third-order valence-corrected chi connectivity index (χ3v) is 7.15. The van der Waals surface area contributed by atoms with Crippen molar-refractivity contribution in [3.63, 3.8) is 0 Å². The van der Waals surface area contributed by atoms with Crippen molar-refractivity contribution in [3.05, 3.63) is 169 Å². The van der Waals surface area contributed by atoms with Crippen molar-refractivity contribution in [1.82, 2.24) is 0 Å². The second kappa shape index (κ2) is 13.9. The monoisotopic (exact) mass is 590 g/mol. The van der Waals surface area contributed by atoms with Gasteiger partial charge in [0.1, 0.15) is 11.5 Å². The van der Waals surface area contributed by atoms with Crippen LogP contribution in [0.3, 0.4) is 0 Å². The highest BCUT2D eigenvalue weighted by Gasteiger charge is 2.08. The molecule has 6 nitrogen and oxygen atoms in total. The van der Waals surface area contributed by atoms with E-state index in [0.717, 1.165) is 33.4 Å². The third-order valence-electron chi connectivity index (χ3n) is 7.15. The second-order valence-electron chi connectivity index (χ2n) is 10.4. The Morgan fingerprint density at radius 2 is 0.733 bits per heavy atom. The van der Waals surface area contributed by atoms with Crippen LogP contribution < -0.4 is 20.1 Å². The Morgan fingerprint density at radius 1 is 0.400 bits per heavy atom. The number of benzene rings is 6. The number of rotatable bonds is 8. The minimum Gasteiger partial charge on any atom is -0.410 e. The van der Waals surface area contributed by atoms with Crippen LogP contribution in [0.5, 0.6) is 11.5 Å². The molecule has 0 spiro atoms. The summed E-state index contributed by atoms with van der Waals surface area (Å²) >= 11 is 0. The molecule has 220 valence electrons. The summed E-state index contributed by atoms with van der Waals surface area (Å²) in [5.74, 6) is 0.931. The van der Waals surface area contributed by atoms with Crippen LogP contribution in [0, 0.1) is 0 Å². The van der Waals surface area contributed by atoms with E-state index in [4.69, 9.17) is 9.47 Å². The highest BCUT2D eigenvalue weighted by molar-refractivity contribution is 5.87. The molecule has 45 heavy (non-hydrogen) atoms. The fraction of sp³-hybridized carbons (Fsp3) is 0.0256. The number of carbonyl (C=O) groups excluding carboxylic acids is 2. The highest BCUT2D eigenvalue weighted by Crippen LogP contribution is 2.24. The Balaban J connectivity index is 0.960. The zero-order valence-electron chi connectivity index (χ0n) is 24.4. The quantitative estimate of drug-likeness (QED) is 0.185. The molecule has 6 aromatic carbocycles. The molecule has 0 aliphatic heterocycles. The lowest BCUT2D eigenvalue weighted by Crippen LogP contribution is -2.16. The van der Waals surface area contributed by atoms with Gasteiger partial charge in [-0.25, -0.2) is 9.59 Å². The van der Waals surface area contributed by atoms with E-state index in [1.165, 1.54) is 0 Å². The van der Waals surface area contributed by atoms with Gasteiger partial charge in [-0.2, -0.15) is 0 Å². The van der Waals surface area contributed by atoms with Gasteiger partial charge in [-0.05, 0) is 88.3 Å². The summed E-state index contributed by atoms with van der Waals surface area (Å²) in [4.78, 5) is 24.8. The Labute approximate surface area is 261 Å². The van der Waals surface area contributed by atoms with E-state index in [1.54, 1.807) is 24.3 Å². The summed E-state index contributed by atoms with van der Waals surface area (Å²) in [7, 11) is 0. The molecule has 0 atom stereocenters. The molecule has 0 aliphatic rings. The summed E-state index contributed by atoms with van der Waals surface area (Å²) < 4.78 is 10.9. The van der Waals surface area contributed by atoms with Crippen molar-refractivity contribution < 1.29 is 19.1 Å². The summed E-state index contributed by atoms with van der Waals surface area (Å²) in [5, 5.41) is 5.54. The van der Waals surface area contributed by atoms with Gasteiger partial charge < -0.3 is 9.47 Å². The smallest absolute Gasteiger partial charge is 0.410 e. The molecule has 0 radical (unpaired) electrons. The van der Waals surface area contributed by atoms with Gasteiger partial charge in [0.15, 0.2) is 0 Å². The molecular formula is C39H30N2O4. The van der Waals surface area contributed by atoms with Gasteiger partial charge in [0.05, 0.1) is 0 Å². The minimum absolute atomic E-state index is 0.465. The van der Waals surface area contributed by atoms with Crippen molar-refractivity contribution in [3.8, 4) is 33.8 Å². The molecule has 0 aliphatic carbocycles. The van der Waals surface area contributed by atoms with Gasteiger partial charge in [0.2, 0.25) is 0 Å². The molecule has 0 saturated carbocycles. The van der Waals surface area contributed by atoms with Crippen molar-refractivity contribution in [1.29, 1.82) is 0 Å². The van der Waals surface area contributed by atoms with Gasteiger partial charge in [-0.1, -0.05) is 109 Å². The van der Waals surface area contributed by atoms with Crippen molar-refractivity contribution in [2.45, 2.75) is 6.42 Å². The van der Waals surface area contributed by atoms with Crippen LogP contribution >= 0.6 is 0 Å². The largest absolute Gasteiger partial charge is 0.417 e. The highest BCUT2D eigenvalue weighted by atomic mass is 16.6. The van der Waals surface area contributed by atoms with Gasteiger partial charge in [-0.3, -0.25) is 10.6 Å². The van der Waals surface area contributed by atoms with E-state index < -0.39 is 12.2 Å². The fourth-order valence-electron chi connectivity index (χ4n) is 4.84. The van der Waals surface area contributed by atoms with E-state index >= 15 is 0 Å². The maximum absolute atomic E-state index is 12.4. The normalized spacial score (nSPS) is 10.5. The molecular weight excluding hydrogens is 560 g/mol. The van der Waals surface area contributed by atoms with Crippen LogP contribution in [0.25, 0.3) is 22.3 Å². The molecule has 6 aromatic rings. The van der Waals surface area contributed by atoms with E-state index in [9.17, 15) is 9.59 Å². The van der Waals surface area contributed by atoms with E-state index in [-0.39, 0.29) is 0 Å². The Morgan fingerprint density at radius 3 is 1.09 bits per heavy atom. The summed E-state index contributed by atoms with van der Waals surface area (Å²) in [6, 6.07) is 50.0.